The van der Waals surface area contributed by atoms with Crippen LogP contribution in [0.15, 0.2) is 0 Å². The molecule has 0 spiro atoms. The van der Waals surface area contributed by atoms with Crippen LogP contribution in [0.5, 0.6) is 0 Å². The lowest BCUT2D eigenvalue weighted by Gasteiger charge is -2.38. The third kappa shape index (κ3) is 4.06. The summed E-state index contributed by atoms with van der Waals surface area (Å²) in [5.74, 6) is -1.56. The first-order chi connectivity index (χ1) is 8.98. The number of rotatable bonds is 5. The van der Waals surface area contributed by atoms with Crippen LogP contribution in [0.4, 0.5) is 13.2 Å². The van der Waals surface area contributed by atoms with E-state index in [1.165, 1.54) is 0 Å². The summed E-state index contributed by atoms with van der Waals surface area (Å²) < 4.78 is 62.1. The van der Waals surface area contributed by atoms with Gasteiger partial charge in [0.25, 0.3) is 0 Å². The third-order valence-corrected chi connectivity index (χ3v) is 5.22. The average molecular weight is 319 g/mol. The molecule has 0 aromatic rings. The van der Waals surface area contributed by atoms with Crippen LogP contribution in [-0.4, -0.2) is 59.5 Å². The molecule has 1 rings (SSSR count). The minimum Gasteiger partial charge on any atom is -0.481 e. The molecule has 2 N–H and O–H groups in total. The number of halogens is 3. The Morgan fingerprint density at radius 2 is 1.75 bits per heavy atom. The predicted octanol–water partition coefficient (Wildman–Crippen LogP) is 0.570. The molecule has 0 saturated carbocycles. The van der Waals surface area contributed by atoms with Crippen LogP contribution in [0.25, 0.3) is 0 Å². The van der Waals surface area contributed by atoms with Gasteiger partial charge >= 0.3 is 12.1 Å². The number of carbonyl (C=O) groups is 1. The fraction of sp³-hybridized carbons (Fsp3) is 0.900. The number of hydrogen-bond acceptors (Lipinski definition) is 4. The summed E-state index contributed by atoms with van der Waals surface area (Å²) in [6.45, 7) is -0.850. The number of alkyl halides is 3. The van der Waals surface area contributed by atoms with Crippen LogP contribution in [0.1, 0.15) is 25.7 Å². The Hall–Kier alpha value is -0.870. The second-order valence-electron chi connectivity index (χ2n) is 4.74. The van der Waals surface area contributed by atoms with E-state index in [-0.39, 0.29) is 12.8 Å². The van der Waals surface area contributed by atoms with Gasteiger partial charge in [-0.2, -0.15) is 13.2 Å². The minimum atomic E-state index is -4.79. The quantitative estimate of drug-likeness (QED) is 0.772. The Kier molecular flexibility index (Phi) is 5.03. The number of carboxylic acids is 1. The Morgan fingerprint density at radius 1 is 1.25 bits per heavy atom. The number of sulfonamides is 1. The molecule has 0 aromatic carbocycles. The summed E-state index contributed by atoms with van der Waals surface area (Å²) in [7, 11) is -3.78. The van der Waals surface area contributed by atoms with E-state index in [0.29, 0.717) is 0 Å². The molecule has 10 heteroatoms. The number of nitrogens with zero attached hydrogens (tertiary/aromatic N) is 1. The normalized spacial score (nSPS) is 20.8. The monoisotopic (exact) mass is 319 g/mol. The van der Waals surface area contributed by atoms with Gasteiger partial charge in [-0.15, -0.1) is 0 Å². The maximum Gasteiger partial charge on any atom is 0.417 e. The molecule has 1 fully saturated rings. The maximum atomic E-state index is 12.6. The summed E-state index contributed by atoms with van der Waals surface area (Å²) in [6.07, 6.45) is -6.63. The van der Waals surface area contributed by atoms with Crippen molar-refractivity contribution >= 4 is 16.0 Å². The molecule has 6 nitrogen and oxygen atoms in total. The largest absolute Gasteiger partial charge is 0.481 e. The second-order valence-corrected chi connectivity index (χ2v) is 6.83. The van der Waals surface area contributed by atoms with Gasteiger partial charge in [-0.05, 0) is 19.3 Å². The first-order valence-electron chi connectivity index (χ1n) is 5.97. The van der Waals surface area contributed by atoms with E-state index in [4.69, 9.17) is 5.11 Å². The van der Waals surface area contributed by atoms with Crippen molar-refractivity contribution in [2.45, 2.75) is 37.5 Å². The molecule has 1 aliphatic rings. The van der Waals surface area contributed by atoms with Gasteiger partial charge in [-0.1, -0.05) is 0 Å². The van der Waals surface area contributed by atoms with Crippen LogP contribution in [-0.2, 0) is 14.8 Å². The number of aliphatic hydroxyl groups is 1. The van der Waals surface area contributed by atoms with Crippen molar-refractivity contribution in [3.8, 4) is 0 Å². The highest BCUT2D eigenvalue weighted by molar-refractivity contribution is 7.89. The van der Waals surface area contributed by atoms with Gasteiger partial charge in [0.1, 0.15) is 0 Å². The highest BCUT2D eigenvalue weighted by atomic mass is 32.2. The second kappa shape index (κ2) is 5.86. The molecular weight excluding hydrogens is 303 g/mol. The Morgan fingerprint density at radius 3 is 2.15 bits per heavy atom. The highest BCUT2D eigenvalue weighted by Crippen LogP contribution is 2.38. The molecule has 0 amide bonds. The van der Waals surface area contributed by atoms with Crippen LogP contribution >= 0.6 is 0 Å². The van der Waals surface area contributed by atoms with Crippen LogP contribution in [0.3, 0.4) is 0 Å². The van der Waals surface area contributed by atoms with Gasteiger partial charge in [0.15, 0.2) is 5.60 Å². The summed E-state index contributed by atoms with van der Waals surface area (Å²) >= 11 is 0. The summed E-state index contributed by atoms with van der Waals surface area (Å²) in [5, 5.41) is 17.8. The van der Waals surface area contributed by atoms with E-state index in [0.717, 1.165) is 4.31 Å². The first-order valence-corrected chi connectivity index (χ1v) is 7.58. The van der Waals surface area contributed by atoms with E-state index in [1.807, 2.05) is 0 Å². The maximum absolute atomic E-state index is 12.6. The smallest absolute Gasteiger partial charge is 0.417 e. The fourth-order valence-corrected chi connectivity index (χ4v) is 3.46. The minimum absolute atomic E-state index is 0.0995. The van der Waals surface area contributed by atoms with Gasteiger partial charge < -0.3 is 10.2 Å². The predicted molar refractivity (Wildman–Crippen MR) is 62.5 cm³/mol. The number of aliphatic carboxylic acids is 1. The Bertz CT molecular complexity index is 454. The van der Waals surface area contributed by atoms with Gasteiger partial charge in [-0.25, -0.2) is 12.7 Å². The lowest BCUT2D eigenvalue weighted by Crippen LogP contribution is -2.54. The molecule has 0 atom stereocenters. The third-order valence-electron chi connectivity index (χ3n) is 3.26. The number of piperidine rings is 1. The van der Waals surface area contributed by atoms with E-state index >= 15 is 0 Å². The zero-order valence-corrected chi connectivity index (χ0v) is 11.4. The number of carboxylic acid groups (broad SMARTS) is 1. The molecule has 20 heavy (non-hydrogen) atoms. The van der Waals surface area contributed by atoms with Gasteiger partial charge in [0, 0.05) is 19.5 Å². The molecule has 0 radical (unpaired) electrons. The van der Waals surface area contributed by atoms with Crippen LogP contribution in [0, 0.1) is 0 Å². The van der Waals surface area contributed by atoms with Crippen molar-refractivity contribution < 1.29 is 36.6 Å². The SMILES string of the molecule is O=C(O)CCCS(=O)(=O)N1CCC(O)(C(F)(F)F)CC1. The molecular formula is C10H16F3NO5S. The van der Waals surface area contributed by atoms with Gasteiger partial charge in [0.05, 0.1) is 5.75 Å². The molecule has 118 valence electrons. The van der Waals surface area contributed by atoms with E-state index in [1.54, 1.807) is 0 Å². The lowest BCUT2D eigenvalue weighted by atomic mass is 9.92. The van der Waals surface area contributed by atoms with Crippen molar-refractivity contribution in [3.63, 3.8) is 0 Å². The average Bonchev–Trinajstić information content (AvgIpc) is 2.27. The van der Waals surface area contributed by atoms with E-state index in [2.05, 4.69) is 0 Å². The molecule has 1 saturated heterocycles. The van der Waals surface area contributed by atoms with Crippen molar-refractivity contribution in [1.29, 1.82) is 0 Å². The zero-order chi connectivity index (χ0) is 15.6. The van der Waals surface area contributed by atoms with Crippen molar-refractivity contribution in [3.05, 3.63) is 0 Å². The van der Waals surface area contributed by atoms with Crippen molar-refractivity contribution in [2.75, 3.05) is 18.8 Å². The highest BCUT2D eigenvalue weighted by Gasteiger charge is 2.55. The topological polar surface area (TPSA) is 94.9 Å². The van der Waals surface area contributed by atoms with Crippen molar-refractivity contribution in [1.82, 2.24) is 4.31 Å². The van der Waals surface area contributed by atoms with Crippen molar-refractivity contribution in [2.24, 2.45) is 0 Å². The lowest BCUT2D eigenvalue weighted by molar-refractivity contribution is -0.270. The molecule has 0 bridgehead atoms. The fourth-order valence-electron chi connectivity index (χ4n) is 1.95. The zero-order valence-electron chi connectivity index (χ0n) is 10.6. The van der Waals surface area contributed by atoms with Gasteiger partial charge in [-0.3, -0.25) is 4.79 Å². The van der Waals surface area contributed by atoms with Crippen LogP contribution in [0.2, 0.25) is 0 Å². The Balaban J connectivity index is 2.58. The molecule has 1 heterocycles. The summed E-state index contributed by atoms with van der Waals surface area (Å²) in [6, 6.07) is 0. The molecule has 0 aromatic heterocycles. The molecule has 1 aliphatic heterocycles. The first kappa shape index (κ1) is 17.2. The van der Waals surface area contributed by atoms with E-state index in [9.17, 15) is 31.5 Å². The van der Waals surface area contributed by atoms with E-state index < -0.39 is 59.5 Å². The van der Waals surface area contributed by atoms with Crippen LogP contribution < -0.4 is 0 Å². The summed E-state index contributed by atoms with van der Waals surface area (Å²) in [4.78, 5) is 10.3. The molecule has 0 aliphatic carbocycles. The number of hydrogen-bond donors (Lipinski definition) is 2. The summed E-state index contributed by atoms with van der Waals surface area (Å²) in [5.41, 5.74) is -2.85. The molecule has 0 unspecified atom stereocenters. The Labute approximate surface area is 114 Å². The standard InChI is InChI=1S/C10H16F3NO5S/c11-10(12,13)9(17)3-5-14(6-4-9)20(18,19)7-1-2-8(15)16/h17H,1-7H2,(H,15,16). The van der Waals surface area contributed by atoms with Gasteiger partial charge in [0.2, 0.25) is 10.0 Å².